The molecule has 81 heavy (non-hydrogen) atoms. The van der Waals surface area contributed by atoms with Crippen LogP contribution in [0.15, 0.2) is 133 Å². The van der Waals surface area contributed by atoms with Crippen molar-refractivity contribution in [1.29, 1.82) is 0 Å². The van der Waals surface area contributed by atoms with Gasteiger partial charge >= 0.3 is 5.97 Å². The minimum absolute atomic E-state index is 0.0180. The van der Waals surface area contributed by atoms with Crippen molar-refractivity contribution < 1.29 is 51.2 Å². The molecule has 8 aromatic rings. The number of ether oxygens (including phenoxy) is 2. The number of carbonyl (C=O) groups excluding carboxylic acids is 1. The predicted octanol–water partition coefficient (Wildman–Crippen LogP) is 11.4. The molecule has 27 heteroatoms. The second kappa shape index (κ2) is 29.0. The molecule has 0 bridgehead atoms. The van der Waals surface area contributed by atoms with Crippen LogP contribution in [0.2, 0.25) is 30.1 Å². The number of anilines is 2. The first kappa shape index (κ1) is 63.0. The number of amides is 1. The number of aromatic hydroxyl groups is 2. The number of carboxylic acid groups (broad SMARTS) is 1. The van der Waals surface area contributed by atoms with Crippen LogP contribution >= 0.6 is 69.6 Å². The Hall–Kier alpha value is -7.18. The molecule has 2 heterocycles. The number of benzene rings is 6. The fraction of sp³-hybridized carbons (Fsp3) is 0.148. The predicted molar refractivity (Wildman–Crippen MR) is 315 cm³/mol. The molecule has 8 rings (SSSR count). The topological polar surface area (TPSA) is 295 Å². The number of carboxylic acids is 1. The molecule has 0 atom stereocenters. The first-order valence-corrected chi connectivity index (χ1v) is 29.6. The second-order valence-corrected chi connectivity index (χ2v) is 23.3. The highest BCUT2D eigenvalue weighted by Crippen LogP contribution is 2.38. The van der Waals surface area contributed by atoms with Crippen molar-refractivity contribution >= 4 is 113 Å². The fourth-order valence-electron chi connectivity index (χ4n) is 6.94. The Morgan fingerprint density at radius 2 is 0.877 bits per heavy atom. The lowest BCUT2D eigenvalue weighted by Crippen LogP contribution is -2.24. The highest BCUT2D eigenvalue weighted by atomic mass is 35.5. The number of phenolic OH excluding ortho intramolecular Hbond substituents is 2. The molecule has 0 aliphatic heterocycles. The minimum atomic E-state index is -3.40. The second-order valence-electron chi connectivity index (χ2n) is 17.3. The number of aromatic nitrogens is 4. The van der Waals surface area contributed by atoms with Crippen molar-refractivity contribution in [1.82, 2.24) is 25.7 Å². The van der Waals surface area contributed by atoms with Gasteiger partial charge in [-0.2, -0.15) is 0 Å². The summed E-state index contributed by atoms with van der Waals surface area (Å²) >= 11 is 35.7. The Balaban J connectivity index is 0.000000222. The third-order valence-corrected chi connectivity index (χ3v) is 13.8. The number of sulfonamides is 2. The summed E-state index contributed by atoms with van der Waals surface area (Å²) < 4.78 is 60.6. The summed E-state index contributed by atoms with van der Waals surface area (Å²) in [6, 6.07) is 36.6. The van der Waals surface area contributed by atoms with Gasteiger partial charge in [0.2, 0.25) is 31.8 Å². The molecule has 0 spiro atoms. The number of nitrogens with zero attached hydrogens (tertiary/aromatic N) is 4. The average Bonchev–Trinajstić information content (AvgIpc) is 3.48. The van der Waals surface area contributed by atoms with E-state index in [0.717, 1.165) is 34.8 Å². The summed E-state index contributed by atoms with van der Waals surface area (Å²) in [5, 5.41) is 49.4. The number of nitrogens with one attached hydrogen (secondary N) is 3. The monoisotopic (exact) mass is 1260 g/mol. The third-order valence-electron chi connectivity index (χ3n) is 10.9. The smallest absolute Gasteiger partial charge is 0.341 e. The van der Waals surface area contributed by atoms with E-state index in [1.54, 1.807) is 72.8 Å². The van der Waals surface area contributed by atoms with Gasteiger partial charge in [0.25, 0.3) is 5.91 Å². The Morgan fingerprint density at radius 1 is 0.519 bits per heavy atom. The molecule has 0 saturated heterocycles. The van der Waals surface area contributed by atoms with Crippen molar-refractivity contribution in [3.63, 3.8) is 0 Å². The summed E-state index contributed by atoms with van der Waals surface area (Å²) in [6.45, 7) is 1.05. The van der Waals surface area contributed by atoms with E-state index >= 15 is 0 Å². The van der Waals surface area contributed by atoms with Gasteiger partial charge in [0.1, 0.15) is 11.1 Å². The SMILES string of the molecule is CS(=O)(=O)Nc1ccc(CN)cc1.CS(=O)(=O)Nc1ccc(CNC(=O)c2cc(-c3cc(Cl)c(O)c(Cl)c3)nnc2OCCc2ccc(Cl)cc2)cc1.O=C(O)c1cc(-c2cc(Cl)c(O)c(Cl)c2)nnc1OCCc1ccc(Cl)cc1. The van der Waals surface area contributed by atoms with Crippen LogP contribution in [-0.2, 0) is 46.0 Å². The van der Waals surface area contributed by atoms with Gasteiger partial charge in [-0.1, -0.05) is 118 Å². The van der Waals surface area contributed by atoms with Crippen LogP contribution in [0.1, 0.15) is 43.0 Å². The molecular formula is C54H48Cl6N8O11S2. The molecule has 424 valence electrons. The number of rotatable bonds is 19. The van der Waals surface area contributed by atoms with E-state index in [1.807, 2.05) is 24.3 Å². The Kier molecular flexibility index (Phi) is 22.6. The zero-order valence-electron chi connectivity index (χ0n) is 42.5. The first-order chi connectivity index (χ1) is 38.3. The number of aromatic carboxylic acids is 1. The zero-order chi connectivity index (χ0) is 59.0. The van der Waals surface area contributed by atoms with Crippen molar-refractivity contribution in [2.75, 3.05) is 35.2 Å². The van der Waals surface area contributed by atoms with Crippen molar-refractivity contribution in [2.24, 2.45) is 5.73 Å². The molecule has 2 aromatic heterocycles. The van der Waals surface area contributed by atoms with Crippen LogP contribution < -0.4 is 30.0 Å². The van der Waals surface area contributed by atoms with Crippen LogP contribution in [0.25, 0.3) is 22.5 Å². The summed E-state index contributed by atoms with van der Waals surface area (Å²) in [5.74, 6) is -2.29. The van der Waals surface area contributed by atoms with Gasteiger partial charge in [0.05, 0.1) is 57.2 Å². The van der Waals surface area contributed by atoms with Gasteiger partial charge in [-0.3, -0.25) is 14.2 Å². The van der Waals surface area contributed by atoms with E-state index in [1.165, 1.54) is 36.4 Å². The minimum Gasteiger partial charge on any atom is -0.505 e. The molecule has 1 amide bonds. The lowest BCUT2D eigenvalue weighted by atomic mass is 10.1. The summed E-state index contributed by atoms with van der Waals surface area (Å²) in [6.07, 6.45) is 3.26. The normalized spacial score (nSPS) is 11.0. The third kappa shape index (κ3) is 19.8. The number of halogens is 6. The molecule has 6 aromatic carbocycles. The number of carbonyl (C=O) groups is 2. The van der Waals surface area contributed by atoms with Crippen molar-refractivity contribution in [3.05, 3.63) is 197 Å². The molecule has 0 saturated carbocycles. The van der Waals surface area contributed by atoms with E-state index in [-0.39, 0.29) is 85.6 Å². The molecule has 0 radical (unpaired) electrons. The van der Waals surface area contributed by atoms with Crippen molar-refractivity contribution in [3.8, 4) is 45.8 Å². The van der Waals surface area contributed by atoms with Crippen LogP contribution in [0, 0.1) is 0 Å². The Morgan fingerprint density at radius 3 is 1.25 bits per heavy atom. The highest BCUT2D eigenvalue weighted by molar-refractivity contribution is 7.92. The standard InChI is InChI=1S/C27H23Cl3N4O5S.C19H13Cl3N2O4.C8H12N2O2S/c1-40(37,38)34-20-8-4-17(5-9-20)15-31-26(36)21-14-24(18-12-22(29)25(35)23(30)13-18)32-33-27(21)39-11-10-16-2-6-19(28)7-3-16;20-12-3-1-10(2-4-12)5-6-28-18-13(19(26)27)9-16(23-24-18)11-7-14(21)17(25)15(22)8-11;1-13(11,12)10-8-4-2-7(6-9)3-5-8/h2-9,12-14,34-35H,10-11,15H2,1H3,(H,31,36);1-4,7-9,25H,5-6H2,(H,26,27);2-5,10H,6,9H2,1H3. The number of hydrogen-bond donors (Lipinski definition) is 7. The van der Waals surface area contributed by atoms with Gasteiger partial charge in [-0.15, -0.1) is 20.4 Å². The largest absolute Gasteiger partial charge is 0.505 e. The van der Waals surface area contributed by atoms with Crippen molar-refractivity contribution in [2.45, 2.75) is 25.9 Å². The summed E-state index contributed by atoms with van der Waals surface area (Å²) in [5.41, 5.74) is 11.4. The van der Waals surface area contributed by atoms with E-state index in [0.29, 0.717) is 51.9 Å². The number of phenols is 2. The lowest BCUT2D eigenvalue weighted by Gasteiger charge is -2.13. The van der Waals surface area contributed by atoms with E-state index in [2.05, 4.69) is 35.2 Å². The molecular weight excluding hydrogens is 1210 g/mol. The quantitative estimate of drug-likeness (QED) is 0.0396. The Bertz CT molecular complexity index is 3700. The van der Waals surface area contributed by atoms with Gasteiger partial charge in [-0.25, -0.2) is 21.6 Å². The zero-order valence-corrected chi connectivity index (χ0v) is 48.7. The number of nitrogens with two attached hydrogens (primary N) is 1. The number of hydrogen-bond acceptors (Lipinski definition) is 15. The molecule has 0 fully saturated rings. The van der Waals surface area contributed by atoms with E-state index in [4.69, 9.17) is 84.8 Å². The van der Waals surface area contributed by atoms with Crippen LogP contribution in [0.4, 0.5) is 11.4 Å². The van der Waals surface area contributed by atoms with Gasteiger partial charge in [0, 0.05) is 58.5 Å². The van der Waals surface area contributed by atoms with Crippen LogP contribution in [0.3, 0.4) is 0 Å². The summed E-state index contributed by atoms with van der Waals surface area (Å²) in [4.78, 5) is 24.9. The molecule has 19 nitrogen and oxygen atoms in total. The molecule has 0 aliphatic rings. The maximum Gasteiger partial charge on any atom is 0.341 e. The van der Waals surface area contributed by atoms with Gasteiger partial charge in [-0.05, 0) is 107 Å². The molecule has 0 aliphatic carbocycles. The first-order valence-electron chi connectivity index (χ1n) is 23.6. The van der Waals surface area contributed by atoms with Crippen LogP contribution in [0.5, 0.6) is 23.3 Å². The average molecular weight is 1260 g/mol. The summed E-state index contributed by atoms with van der Waals surface area (Å²) in [7, 11) is -6.58. The molecule has 8 N–H and O–H groups in total. The lowest BCUT2D eigenvalue weighted by molar-refractivity contribution is 0.0690. The highest BCUT2D eigenvalue weighted by Gasteiger charge is 2.21. The van der Waals surface area contributed by atoms with E-state index < -0.39 is 31.9 Å². The fourth-order valence-corrected chi connectivity index (χ4v) is 9.29. The van der Waals surface area contributed by atoms with E-state index in [9.17, 15) is 41.7 Å². The maximum atomic E-state index is 13.3. The Labute approximate surface area is 496 Å². The van der Waals surface area contributed by atoms with Crippen LogP contribution in [-0.4, -0.2) is 90.2 Å². The van der Waals surface area contributed by atoms with Gasteiger partial charge in [0.15, 0.2) is 11.5 Å². The molecule has 0 unspecified atom stereocenters. The maximum absolute atomic E-state index is 13.3. The van der Waals surface area contributed by atoms with Gasteiger partial charge < -0.3 is 35.8 Å².